The van der Waals surface area contributed by atoms with E-state index >= 15 is 0 Å². The molecular weight excluding hydrogens is 256 g/mol. The van der Waals surface area contributed by atoms with Crippen LogP contribution in [0.3, 0.4) is 0 Å². The number of methoxy groups -OCH3 is 2. The van der Waals surface area contributed by atoms with Gasteiger partial charge in [-0.15, -0.1) is 0 Å². The first-order chi connectivity index (χ1) is 9.55. The topological polar surface area (TPSA) is 50.8 Å². The molecule has 0 aromatic heterocycles. The number of ether oxygens (including phenoxy) is 2. The maximum atomic E-state index is 12.6. The van der Waals surface area contributed by atoms with E-state index in [-0.39, 0.29) is 5.91 Å². The minimum atomic E-state index is 0.00435. The van der Waals surface area contributed by atoms with Gasteiger partial charge in [0.15, 0.2) is 0 Å². The molecule has 1 aliphatic heterocycles. The molecule has 1 saturated heterocycles. The summed E-state index contributed by atoms with van der Waals surface area (Å²) in [5, 5.41) is 3.42. The van der Waals surface area contributed by atoms with E-state index in [2.05, 4.69) is 19.2 Å². The zero-order valence-electron chi connectivity index (χ0n) is 12.5. The normalized spacial score (nSPS) is 22.5. The highest BCUT2D eigenvalue weighted by molar-refractivity contribution is 5.97. The zero-order valence-corrected chi connectivity index (χ0v) is 12.5. The van der Waals surface area contributed by atoms with Gasteiger partial charge < -0.3 is 19.7 Å². The number of carbonyl (C=O) groups is 1. The van der Waals surface area contributed by atoms with Crippen molar-refractivity contribution in [2.24, 2.45) is 0 Å². The van der Waals surface area contributed by atoms with E-state index in [1.807, 2.05) is 4.90 Å². The quantitative estimate of drug-likeness (QED) is 0.911. The van der Waals surface area contributed by atoms with Crippen molar-refractivity contribution in [2.45, 2.75) is 25.9 Å². The predicted octanol–water partition coefficient (Wildman–Crippen LogP) is 1.53. The van der Waals surface area contributed by atoms with Crippen LogP contribution in [0.25, 0.3) is 0 Å². The van der Waals surface area contributed by atoms with Crippen molar-refractivity contribution in [1.29, 1.82) is 0 Å². The van der Waals surface area contributed by atoms with Crippen LogP contribution in [0.5, 0.6) is 11.5 Å². The average Bonchev–Trinajstić information content (AvgIpc) is 2.44. The molecule has 1 fully saturated rings. The Morgan fingerprint density at radius 3 is 2.40 bits per heavy atom. The predicted molar refractivity (Wildman–Crippen MR) is 77.5 cm³/mol. The molecule has 0 saturated carbocycles. The van der Waals surface area contributed by atoms with Gasteiger partial charge in [-0.3, -0.25) is 4.79 Å². The second-order valence-corrected chi connectivity index (χ2v) is 5.25. The average molecular weight is 278 g/mol. The number of hydrogen-bond donors (Lipinski definition) is 1. The fraction of sp³-hybridized carbons (Fsp3) is 0.533. The van der Waals surface area contributed by atoms with Crippen LogP contribution in [0.2, 0.25) is 0 Å². The highest BCUT2D eigenvalue weighted by Crippen LogP contribution is 2.26. The lowest BCUT2D eigenvalue weighted by atomic mass is 10.1. The second kappa shape index (κ2) is 6.13. The van der Waals surface area contributed by atoms with Gasteiger partial charge in [-0.25, -0.2) is 0 Å². The molecule has 0 radical (unpaired) electrons. The molecular formula is C15H22N2O3. The Bertz CT molecular complexity index is 480. The SMILES string of the molecule is COc1ccc(C(=O)N2CC(C)NC(C)C2)c(OC)c1. The van der Waals surface area contributed by atoms with E-state index in [9.17, 15) is 4.79 Å². The van der Waals surface area contributed by atoms with Crippen LogP contribution in [-0.4, -0.2) is 50.2 Å². The monoisotopic (exact) mass is 278 g/mol. The molecule has 0 aliphatic carbocycles. The third-order valence-corrected chi connectivity index (χ3v) is 3.48. The number of nitrogens with zero attached hydrogens (tertiary/aromatic N) is 1. The number of piperazine rings is 1. The van der Waals surface area contributed by atoms with Gasteiger partial charge >= 0.3 is 0 Å². The highest BCUT2D eigenvalue weighted by Gasteiger charge is 2.27. The summed E-state index contributed by atoms with van der Waals surface area (Å²) in [6.07, 6.45) is 0. The van der Waals surface area contributed by atoms with Gasteiger partial charge in [-0.2, -0.15) is 0 Å². The standard InChI is InChI=1S/C15H22N2O3/c1-10-8-17(9-11(2)16-10)15(18)13-6-5-12(19-3)7-14(13)20-4/h5-7,10-11,16H,8-9H2,1-4H3. The lowest BCUT2D eigenvalue weighted by molar-refractivity contribution is 0.0670. The summed E-state index contributed by atoms with van der Waals surface area (Å²) in [5.41, 5.74) is 0.578. The maximum Gasteiger partial charge on any atom is 0.257 e. The van der Waals surface area contributed by atoms with Gasteiger partial charge in [0.1, 0.15) is 11.5 Å². The number of benzene rings is 1. The zero-order chi connectivity index (χ0) is 14.7. The number of nitrogens with one attached hydrogen (secondary N) is 1. The summed E-state index contributed by atoms with van der Waals surface area (Å²) >= 11 is 0. The lowest BCUT2D eigenvalue weighted by Gasteiger charge is -2.36. The third kappa shape index (κ3) is 3.04. The Labute approximate surface area is 119 Å². The molecule has 2 atom stereocenters. The molecule has 0 bridgehead atoms. The Morgan fingerprint density at radius 2 is 1.85 bits per heavy atom. The van der Waals surface area contributed by atoms with Gasteiger partial charge in [-0.05, 0) is 26.0 Å². The molecule has 5 nitrogen and oxygen atoms in total. The van der Waals surface area contributed by atoms with Gasteiger partial charge in [0.2, 0.25) is 0 Å². The number of rotatable bonds is 3. The highest BCUT2D eigenvalue weighted by atomic mass is 16.5. The van der Waals surface area contributed by atoms with Gasteiger partial charge in [0, 0.05) is 31.2 Å². The van der Waals surface area contributed by atoms with E-state index in [0.29, 0.717) is 42.2 Å². The van der Waals surface area contributed by atoms with E-state index in [0.717, 1.165) is 0 Å². The number of amides is 1. The Balaban J connectivity index is 2.24. The molecule has 1 aromatic rings. The summed E-state index contributed by atoms with van der Waals surface area (Å²) in [5.74, 6) is 1.23. The molecule has 1 aliphatic rings. The van der Waals surface area contributed by atoms with Crippen LogP contribution in [0, 0.1) is 0 Å². The van der Waals surface area contributed by atoms with Crippen molar-refractivity contribution in [2.75, 3.05) is 27.3 Å². The maximum absolute atomic E-state index is 12.6. The van der Waals surface area contributed by atoms with E-state index in [1.54, 1.807) is 32.4 Å². The summed E-state index contributed by atoms with van der Waals surface area (Å²) in [6, 6.07) is 5.88. The number of carbonyl (C=O) groups excluding carboxylic acids is 1. The van der Waals surface area contributed by atoms with Crippen LogP contribution in [0.15, 0.2) is 18.2 Å². The summed E-state index contributed by atoms with van der Waals surface area (Å²) < 4.78 is 10.5. The first kappa shape index (κ1) is 14.7. The van der Waals surface area contributed by atoms with Crippen molar-refractivity contribution >= 4 is 5.91 Å². The largest absolute Gasteiger partial charge is 0.497 e. The van der Waals surface area contributed by atoms with E-state index < -0.39 is 0 Å². The minimum Gasteiger partial charge on any atom is -0.497 e. The van der Waals surface area contributed by atoms with Crippen LogP contribution < -0.4 is 14.8 Å². The van der Waals surface area contributed by atoms with E-state index in [1.165, 1.54) is 0 Å². The molecule has 20 heavy (non-hydrogen) atoms. The number of hydrogen-bond acceptors (Lipinski definition) is 4. The van der Waals surface area contributed by atoms with Crippen molar-refractivity contribution in [3.63, 3.8) is 0 Å². The summed E-state index contributed by atoms with van der Waals surface area (Å²) in [6.45, 7) is 5.58. The molecule has 2 unspecified atom stereocenters. The molecule has 1 amide bonds. The molecule has 1 heterocycles. The van der Waals surface area contributed by atoms with Crippen molar-refractivity contribution in [3.8, 4) is 11.5 Å². The minimum absolute atomic E-state index is 0.00435. The van der Waals surface area contributed by atoms with E-state index in [4.69, 9.17) is 9.47 Å². The first-order valence-corrected chi connectivity index (χ1v) is 6.82. The van der Waals surface area contributed by atoms with Gasteiger partial charge in [-0.1, -0.05) is 0 Å². The van der Waals surface area contributed by atoms with Crippen molar-refractivity contribution in [1.82, 2.24) is 10.2 Å². The van der Waals surface area contributed by atoms with Crippen LogP contribution in [-0.2, 0) is 0 Å². The van der Waals surface area contributed by atoms with Crippen molar-refractivity contribution in [3.05, 3.63) is 23.8 Å². The van der Waals surface area contributed by atoms with Crippen LogP contribution >= 0.6 is 0 Å². The van der Waals surface area contributed by atoms with Crippen LogP contribution in [0.1, 0.15) is 24.2 Å². The molecule has 110 valence electrons. The van der Waals surface area contributed by atoms with Gasteiger partial charge in [0.25, 0.3) is 5.91 Å². The Morgan fingerprint density at radius 1 is 1.20 bits per heavy atom. The first-order valence-electron chi connectivity index (χ1n) is 6.82. The van der Waals surface area contributed by atoms with Gasteiger partial charge in [0.05, 0.1) is 19.8 Å². The second-order valence-electron chi connectivity index (χ2n) is 5.25. The summed E-state index contributed by atoms with van der Waals surface area (Å²) in [4.78, 5) is 14.5. The lowest BCUT2D eigenvalue weighted by Crippen LogP contribution is -2.55. The Hall–Kier alpha value is -1.75. The van der Waals surface area contributed by atoms with Crippen molar-refractivity contribution < 1.29 is 14.3 Å². The molecule has 1 aromatic carbocycles. The molecule has 5 heteroatoms. The molecule has 2 rings (SSSR count). The Kier molecular flexibility index (Phi) is 4.49. The fourth-order valence-electron chi connectivity index (χ4n) is 2.64. The molecule has 0 spiro atoms. The third-order valence-electron chi connectivity index (χ3n) is 3.48. The fourth-order valence-corrected chi connectivity index (χ4v) is 2.64. The summed E-state index contributed by atoms with van der Waals surface area (Å²) in [7, 11) is 3.16. The smallest absolute Gasteiger partial charge is 0.257 e. The van der Waals surface area contributed by atoms with Crippen LogP contribution in [0.4, 0.5) is 0 Å². The molecule has 1 N–H and O–H groups in total.